The monoisotopic (exact) mass is 297 g/mol. The summed E-state index contributed by atoms with van der Waals surface area (Å²) in [4.78, 5) is 12.0. The van der Waals surface area contributed by atoms with Gasteiger partial charge in [0.05, 0.1) is 6.10 Å². The number of carbonyl (C=O) groups excluding carboxylic acids is 1. The van der Waals surface area contributed by atoms with E-state index in [4.69, 9.17) is 4.74 Å². The molecule has 21 heavy (non-hydrogen) atoms. The van der Waals surface area contributed by atoms with Crippen molar-refractivity contribution in [3.63, 3.8) is 0 Å². The third-order valence-corrected chi connectivity index (χ3v) is 3.45. The lowest BCUT2D eigenvalue weighted by Gasteiger charge is -2.26. The number of hydrogen-bond acceptors (Lipinski definition) is 3. The van der Waals surface area contributed by atoms with Crippen LogP contribution in [0, 0.1) is 5.82 Å². The van der Waals surface area contributed by atoms with Crippen molar-refractivity contribution in [3.05, 3.63) is 29.6 Å². The van der Waals surface area contributed by atoms with Crippen LogP contribution in [0.25, 0.3) is 0 Å². The van der Waals surface area contributed by atoms with Gasteiger partial charge in [-0.3, -0.25) is 4.79 Å². The van der Waals surface area contributed by atoms with Crippen molar-refractivity contribution in [1.29, 1.82) is 0 Å². The number of hydrogen-bond donors (Lipinski definition) is 2. The molecule has 5 heteroatoms. The zero-order valence-electron chi connectivity index (χ0n) is 13.2. The van der Waals surface area contributed by atoms with Crippen molar-refractivity contribution in [2.45, 2.75) is 58.8 Å². The summed E-state index contributed by atoms with van der Waals surface area (Å²) in [6, 6.07) is 4.17. The van der Waals surface area contributed by atoms with Gasteiger partial charge in [0.25, 0.3) is 5.91 Å². The minimum absolute atomic E-state index is 0.201. The lowest BCUT2D eigenvalue weighted by Crippen LogP contribution is -2.48. The van der Waals surface area contributed by atoms with Crippen molar-refractivity contribution in [1.82, 2.24) is 5.32 Å². The standard InChI is InChI=1S/C16H24FNO3/c1-6-16(4,5)18-15(20)11(3)21-12-7-8-13(10(2)19)14(17)9-12/h7-11,19H,6H2,1-5H3,(H,18,20)/t10-,11?/m0/s1. The molecule has 0 saturated heterocycles. The number of ether oxygens (including phenoxy) is 1. The molecule has 0 aliphatic carbocycles. The Kier molecular flexibility index (Phi) is 5.72. The van der Waals surface area contributed by atoms with Gasteiger partial charge >= 0.3 is 0 Å². The summed E-state index contributed by atoms with van der Waals surface area (Å²) >= 11 is 0. The highest BCUT2D eigenvalue weighted by molar-refractivity contribution is 5.81. The summed E-state index contributed by atoms with van der Waals surface area (Å²) in [5.74, 6) is -0.542. The summed E-state index contributed by atoms with van der Waals surface area (Å²) in [6.45, 7) is 8.93. The van der Waals surface area contributed by atoms with Crippen LogP contribution in [-0.4, -0.2) is 22.7 Å². The van der Waals surface area contributed by atoms with Gasteiger partial charge in [0.15, 0.2) is 6.10 Å². The van der Waals surface area contributed by atoms with Crippen molar-refractivity contribution >= 4 is 5.91 Å². The number of aliphatic hydroxyl groups is 1. The van der Waals surface area contributed by atoms with Crippen LogP contribution in [0.3, 0.4) is 0 Å². The van der Waals surface area contributed by atoms with E-state index in [2.05, 4.69) is 5.32 Å². The minimum atomic E-state index is -0.884. The molecule has 0 aromatic heterocycles. The molecule has 0 saturated carbocycles. The smallest absolute Gasteiger partial charge is 0.261 e. The fourth-order valence-electron chi connectivity index (χ4n) is 1.70. The second kappa shape index (κ2) is 6.89. The average molecular weight is 297 g/mol. The highest BCUT2D eigenvalue weighted by atomic mass is 19.1. The van der Waals surface area contributed by atoms with Crippen molar-refractivity contribution in [2.24, 2.45) is 0 Å². The number of rotatable bonds is 6. The van der Waals surface area contributed by atoms with E-state index < -0.39 is 18.0 Å². The third kappa shape index (κ3) is 5.01. The Bertz CT molecular complexity index is 500. The molecule has 1 aromatic rings. The predicted octanol–water partition coefficient (Wildman–Crippen LogP) is 2.95. The van der Waals surface area contributed by atoms with Gasteiger partial charge in [0, 0.05) is 17.2 Å². The molecule has 0 spiro atoms. The zero-order chi connectivity index (χ0) is 16.2. The topological polar surface area (TPSA) is 58.6 Å². The Balaban J connectivity index is 2.73. The number of aliphatic hydroxyl groups excluding tert-OH is 1. The quantitative estimate of drug-likeness (QED) is 0.848. The predicted molar refractivity (Wildman–Crippen MR) is 79.6 cm³/mol. The SMILES string of the molecule is CCC(C)(C)NC(=O)C(C)Oc1ccc([C@H](C)O)c(F)c1. The van der Waals surface area contributed by atoms with Gasteiger partial charge in [-0.2, -0.15) is 0 Å². The highest BCUT2D eigenvalue weighted by Crippen LogP contribution is 2.22. The largest absolute Gasteiger partial charge is 0.481 e. The summed E-state index contributed by atoms with van der Waals surface area (Å²) in [5.41, 5.74) is -0.109. The number of amides is 1. The first kappa shape index (κ1) is 17.4. The maximum absolute atomic E-state index is 13.7. The second-order valence-electron chi connectivity index (χ2n) is 5.85. The van der Waals surface area contributed by atoms with Crippen LogP contribution < -0.4 is 10.1 Å². The van der Waals surface area contributed by atoms with Crippen LogP contribution in [0.5, 0.6) is 5.75 Å². The summed E-state index contributed by atoms with van der Waals surface area (Å²) in [6.07, 6.45) is -0.818. The van der Waals surface area contributed by atoms with Crippen LogP contribution in [0.1, 0.15) is 52.7 Å². The molecule has 118 valence electrons. The van der Waals surface area contributed by atoms with Gasteiger partial charge in [0.1, 0.15) is 11.6 Å². The Morgan fingerprint density at radius 3 is 2.52 bits per heavy atom. The number of nitrogens with one attached hydrogen (secondary N) is 1. The normalized spacial score (nSPS) is 14.4. The molecule has 1 unspecified atom stereocenters. The van der Waals surface area contributed by atoms with Crippen LogP contribution in [-0.2, 0) is 4.79 Å². The van der Waals surface area contributed by atoms with E-state index in [9.17, 15) is 14.3 Å². The van der Waals surface area contributed by atoms with Gasteiger partial charge in [-0.15, -0.1) is 0 Å². The maximum Gasteiger partial charge on any atom is 0.261 e. The first-order chi connectivity index (χ1) is 9.66. The molecule has 0 aliphatic heterocycles. The van der Waals surface area contributed by atoms with E-state index >= 15 is 0 Å². The number of halogens is 1. The van der Waals surface area contributed by atoms with Gasteiger partial charge in [0.2, 0.25) is 0 Å². The van der Waals surface area contributed by atoms with Crippen LogP contribution in [0.15, 0.2) is 18.2 Å². The molecule has 0 aliphatic rings. The molecule has 0 radical (unpaired) electrons. The number of carbonyl (C=O) groups is 1. The molecule has 2 atom stereocenters. The van der Waals surface area contributed by atoms with Crippen molar-refractivity contribution in [3.8, 4) is 5.75 Å². The Morgan fingerprint density at radius 2 is 2.05 bits per heavy atom. The van der Waals surface area contributed by atoms with E-state index in [0.29, 0.717) is 0 Å². The summed E-state index contributed by atoms with van der Waals surface area (Å²) in [7, 11) is 0. The maximum atomic E-state index is 13.7. The van der Waals surface area contributed by atoms with Gasteiger partial charge < -0.3 is 15.2 Å². The molecule has 0 fully saturated rings. The third-order valence-electron chi connectivity index (χ3n) is 3.45. The van der Waals surface area contributed by atoms with E-state index in [1.165, 1.54) is 19.1 Å². The fourth-order valence-corrected chi connectivity index (χ4v) is 1.70. The van der Waals surface area contributed by atoms with E-state index in [-0.39, 0.29) is 22.8 Å². The number of benzene rings is 1. The molecular formula is C16H24FNO3. The average Bonchev–Trinajstić information content (AvgIpc) is 2.37. The summed E-state index contributed by atoms with van der Waals surface area (Å²) in [5, 5.41) is 12.2. The van der Waals surface area contributed by atoms with Gasteiger partial charge in [-0.1, -0.05) is 6.92 Å². The molecule has 1 rings (SSSR count). The first-order valence-corrected chi connectivity index (χ1v) is 7.12. The Labute approximate surface area is 125 Å². The Hall–Kier alpha value is -1.62. The van der Waals surface area contributed by atoms with Crippen molar-refractivity contribution < 1.29 is 19.0 Å². The first-order valence-electron chi connectivity index (χ1n) is 7.12. The molecule has 1 amide bonds. The van der Waals surface area contributed by atoms with Crippen molar-refractivity contribution in [2.75, 3.05) is 0 Å². The van der Waals surface area contributed by atoms with Gasteiger partial charge in [-0.25, -0.2) is 4.39 Å². The van der Waals surface area contributed by atoms with Crippen LogP contribution in [0.2, 0.25) is 0 Å². The highest BCUT2D eigenvalue weighted by Gasteiger charge is 2.23. The molecule has 0 heterocycles. The molecule has 1 aromatic carbocycles. The van der Waals surface area contributed by atoms with E-state index in [0.717, 1.165) is 6.42 Å². The van der Waals surface area contributed by atoms with E-state index in [1.54, 1.807) is 13.0 Å². The molecule has 0 bridgehead atoms. The fraction of sp³-hybridized carbons (Fsp3) is 0.562. The lowest BCUT2D eigenvalue weighted by molar-refractivity contribution is -0.129. The van der Waals surface area contributed by atoms with Crippen LogP contribution >= 0.6 is 0 Å². The Morgan fingerprint density at radius 1 is 1.43 bits per heavy atom. The minimum Gasteiger partial charge on any atom is -0.481 e. The van der Waals surface area contributed by atoms with Gasteiger partial charge in [-0.05, 0) is 46.2 Å². The van der Waals surface area contributed by atoms with Crippen LogP contribution in [0.4, 0.5) is 4.39 Å². The second-order valence-corrected chi connectivity index (χ2v) is 5.85. The lowest BCUT2D eigenvalue weighted by atomic mass is 10.0. The molecule has 4 nitrogen and oxygen atoms in total. The molecular weight excluding hydrogens is 273 g/mol. The zero-order valence-corrected chi connectivity index (χ0v) is 13.2. The summed E-state index contributed by atoms with van der Waals surface area (Å²) < 4.78 is 19.2. The molecule has 2 N–H and O–H groups in total. The van der Waals surface area contributed by atoms with E-state index in [1.807, 2.05) is 20.8 Å².